The van der Waals surface area contributed by atoms with Gasteiger partial charge in [-0.2, -0.15) is 0 Å². The standard InChI is InChI=1S/C21H24N2O4/c1-13-10-14(2)19(15(3)11-13)23-20(25)16(4)27-18(24)12-22-21(26)17-8-6-5-7-9-17/h5-11,16H,12H2,1-4H3,(H,22,26)(H,23,25)/t16-/m0/s1. The molecule has 2 aromatic carbocycles. The third-order valence-electron chi connectivity index (χ3n) is 4.03. The molecule has 6 nitrogen and oxygen atoms in total. The molecule has 0 radical (unpaired) electrons. The molecule has 0 aliphatic rings. The lowest BCUT2D eigenvalue weighted by molar-refractivity contribution is -0.152. The van der Waals surface area contributed by atoms with E-state index in [4.69, 9.17) is 4.74 Å². The molecular weight excluding hydrogens is 344 g/mol. The Morgan fingerprint density at radius 1 is 1.00 bits per heavy atom. The van der Waals surface area contributed by atoms with Crippen LogP contribution in [0.5, 0.6) is 0 Å². The molecule has 27 heavy (non-hydrogen) atoms. The number of esters is 1. The van der Waals surface area contributed by atoms with Crippen molar-refractivity contribution in [1.82, 2.24) is 5.32 Å². The molecule has 0 unspecified atom stereocenters. The van der Waals surface area contributed by atoms with Crippen molar-refractivity contribution >= 4 is 23.5 Å². The van der Waals surface area contributed by atoms with E-state index in [9.17, 15) is 14.4 Å². The van der Waals surface area contributed by atoms with Crippen molar-refractivity contribution < 1.29 is 19.1 Å². The molecule has 0 heterocycles. The maximum atomic E-state index is 12.3. The van der Waals surface area contributed by atoms with Gasteiger partial charge >= 0.3 is 5.97 Å². The Balaban J connectivity index is 1.87. The van der Waals surface area contributed by atoms with Gasteiger partial charge < -0.3 is 15.4 Å². The second-order valence-electron chi connectivity index (χ2n) is 6.44. The van der Waals surface area contributed by atoms with Crippen LogP contribution in [0.4, 0.5) is 5.69 Å². The minimum atomic E-state index is -0.980. The summed E-state index contributed by atoms with van der Waals surface area (Å²) < 4.78 is 5.11. The molecule has 0 aliphatic carbocycles. The van der Waals surface area contributed by atoms with E-state index in [0.717, 1.165) is 16.7 Å². The molecule has 0 aliphatic heterocycles. The fraction of sp³-hybridized carbons (Fsp3) is 0.286. The zero-order chi connectivity index (χ0) is 20.0. The number of hydrogen-bond acceptors (Lipinski definition) is 4. The van der Waals surface area contributed by atoms with Gasteiger partial charge in [-0.25, -0.2) is 0 Å². The van der Waals surface area contributed by atoms with E-state index in [1.54, 1.807) is 30.3 Å². The Morgan fingerprint density at radius 2 is 1.59 bits per heavy atom. The van der Waals surface area contributed by atoms with E-state index < -0.39 is 18.0 Å². The number of aryl methyl sites for hydroxylation is 3. The summed E-state index contributed by atoms with van der Waals surface area (Å²) in [4.78, 5) is 36.1. The summed E-state index contributed by atoms with van der Waals surface area (Å²) in [5.41, 5.74) is 4.15. The third kappa shape index (κ3) is 5.67. The summed E-state index contributed by atoms with van der Waals surface area (Å²) in [5, 5.41) is 5.27. The number of anilines is 1. The van der Waals surface area contributed by atoms with Gasteiger partial charge in [-0.3, -0.25) is 14.4 Å². The van der Waals surface area contributed by atoms with Gasteiger partial charge in [0.1, 0.15) is 6.54 Å². The highest BCUT2D eigenvalue weighted by Crippen LogP contribution is 2.22. The number of hydrogen-bond donors (Lipinski definition) is 2. The second-order valence-corrected chi connectivity index (χ2v) is 6.44. The quantitative estimate of drug-likeness (QED) is 0.768. The maximum Gasteiger partial charge on any atom is 0.326 e. The number of carbonyl (C=O) groups excluding carboxylic acids is 3. The van der Waals surface area contributed by atoms with E-state index in [0.29, 0.717) is 11.3 Å². The summed E-state index contributed by atoms with van der Waals surface area (Å²) in [6.45, 7) is 6.98. The first-order valence-corrected chi connectivity index (χ1v) is 8.69. The Hall–Kier alpha value is -3.15. The molecular formula is C21H24N2O4. The average Bonchev–Trinajstić information content (AvgIpc) is 2.63. The lowest BCUT2D eigenvalue weighted by Gasteiger charge is -2.17. The van der Waals surface area contributed by atoms with E-state index >= 15 is 0 Å². The molecule has 2 N–H and O–H groups in total. The van der Waals surface area contributed by atoms with Crippen LogP contribution in [0.15, 0.2) is 42.5 Å². The Labute approximate surface area is 158 Å². The molecule has 0 aromatic heterocycles. The molecule has 1 atom stereocenters. The first kappa shape index (κ1) is 20.2. The first-order chi connectivity index (χ1) is 12.8. The van der Waals surface area contributed by atoms with E-state index in [1.807, 2.05) is 32.9 Å². The fourth-order valence-corrected chi connectivity index (χ4v) is 2.74. The highest BCUT2D eigenvalue weighted by atomic mass is 16.5. The number of ether oxygens (including phenoxy) is 1. The van der Waals surface area contributed by atoms with Crippen LogP contribution >= 0.6 is 0 Å². The van der Waals surface area contributed by atoms with Crippen molar-refractivity contribution in [2.75, 3.05) is 11.9 Å². The van der Waals surface area contributed by atoms with Crippen LogP contribution in [0.25, 0.3) is 0 Å². The molecule has 2 amide bonds. The second kappa shape index (κ2) is 8.98. The van der Waals surface area contributed by atoms with Gasteiger partial charge in [-0.1, -0.05) is 35.9 Å². The highest BCUT2D eigenvalue weighted by Gasteiger charge is 2.20. The van der Waals surface area contributed by atoms with E-state index in [-0.39, 0.29) is 12.5 Å². The normalized spacial score (nSPS) is 11.4. The molecule has 0 fully saturated rings. The molecule has 0 spiro atoms. The van der Waals surface area contributed by atoms with Crippen molar-refractivity contribution in [3.8, 4) is 0 Å². The highest BCUT2D eigenvalue weighted by molar-refractivity contribution is 5.98. The summed E-state index contributed by atoms with van der Waals surface area (Å²) >= 11 is 0. The van der Waals surface area contributed by atoms with Crippen molar-refractivity contribution in [2.24, 2.45) is 0 Å². The lowest BCUT2D eigenvalue weighted by Crippen LogP contribution is -2.36. The number of benzene rings is 2. The van der Waals surface area contributed by atoms with Gasteiger partial charge in [-0.05, 0) is 51.0 Å². The van der Waals surface area contributed by atoms with Crippen LogP contribution in [-0.2, 0) is 14.3 Å². The molecule has 142 valence electrons. The predicted molar refractivity (Wildman–Crippen MR) is 104 cm³/mol. The van der Waals surface area contributed by atoms with Crippen molar-refractivity contribution in [3.05, 3.63) is 64.7 Å². The third-order valence-corrected chi connectivity index (χ3v) is 4.03. The van der Waals surface area contributed by atoms with Gasteiger partial charge in [0.2, 0.25) is 0 Å². The SMILES string of the molecule is Cc1cc(C)c(NC(=O)[C@H](C)OC(=O)CNC(=O)c2ccccc2)c(C)c1. The summed E-state index contributed by atoms with van der Waals surface area (Å²) in [5.74, 6) is -1.48. The lowest BCUT2D eigenvalue weighted by atomic mass is 10.0. The van der Waals surface area contributed by atoms with Gasteiger partial charge in [-0.15, -0.1) is 0 Å². The zero-order valence-electron chi connectivity index (χ0n) is 16.0. The Kier molecular flexibility index (Phi) is 6.71. The first-order valence-electron chi connectivity index (χ1n) is 8.69. The van der Waals surface area contributed by atoms with E-state index in [2.05, 4.69) is 10.6 Å². The number of carbonyl (C=O) groups is 3. The van der Waals surface area contributed by atoms with Gasteiger partial charge in [0.25, 0.3) is 11.8 Å². The summed E-state index contributed by atoms with van der Waals surface area (Å²) in [7, 11) is 0. The fourth-order valence-electron chi connectivity index (χ4n) is 2.74. The van der Waals surface area contributed by atoms with Gasteiger partial charge in [0.05, 0.1) is 0 Å². The predicted octanol–water partition coefficient (Wildman–Crippen LogP) is 2.91. The zero-order valence-corrected chi connectivity index (χ0v) is 16.0. The topological polar surface area (TPSA) is 84.5 Å². The van der Waals surface area contributed by atoms with Crippen molar-refractivity contribution in [3.63, 3.8) is 0 Å². The molecule has 0 saturated carbocycles. The van der Waals surface area contributed by atoms with Crippen LogP contribution < -0.4 is 10.6 Å². The minimum Gasteiger partial charge on any atom is -0.451 e. The maximum absolute atomic E-state index is 12.3. The van der Waals surface area contributed by atoms with Crippen LogP contribution in [0.1, 0.15) is 34.0 Å². The van der Waals surface area contributed by atoms with Crippen LogP contribution in [0.3, 0.4) is 0 Å². The summed E-state index contributed by atoms with van der Waals surface area (Å²) in [6, 6.07) is 12.5. The number of amides is 2. The smallest absolute Gasteiger partial charge is 0.326 e. The number of nitrogens with one attached hydrogen (secondary N) is 2. The molecule has 6 heteroatoms. The van der Waals surface area contributed by atoms with Crippen LogP contribution in [0, 0.1) is 20.8 Å². The average molecular weight is 368 g/mol. The number of rotatable bonds is 6. The monoisotopic (exact) mass is 368 g/mol. The van der Waals surface area contributed by atoms with Gasteiger partial charge in [0, 0.05) is 11.3 Å². The van der Waals surface area contributed by atoms with Crippen molar-refractivity contribution in [1.29, 1.82) is 0 Å². The summed E-state index contributed by atoms with van der Waals surface area (Å²) in [6.07, 6.45) is -0.980. The van der Waals surface area contributed by atoms with Crippen LogP contribution in [0.2, 0.25) is 0 Å². The van der Waals surface area contributed by atoms with Crippen molar-refractivity contribution in [2.45, 2.75) is 33.8 Å². The largest absolute Gasteiger partial charge is 0.451 e. The van der Waals surface area contributed by atoms with Gasteiger partial charge in [0.15, 0.2) is 6.10 Å². The molecule has 0 bridgehead atoms. The molecule has 0 saturated heterocycles. The molecule has 2 aromatic rings. The van der Waals surface area contributed by atoms with Crippen LogP contribution in [-0.4, -0.2) is 30.4 Å². The van der Waals surface area contributed by atoms with E-state index in [1.165, 1.54) is 6.92 Å². The Morgan fingerprint density at radius 3 is 2.19 bits per heavy atom. The minimum absolute atomic E-state index is 0.312. The Bertz CT molecular complexity index is 824. The molecule has 2 rings (SSSR count).